The van der Waals surface area contributed by atoms with Gasteiger partial charge >= 0.3 is 6.18 Å². The van der Waals surface area contributed by atoms with Crippen molar-refractivity contribution in [2.24, 2.45) is 14.1 Å². The maximum atomic E-state index is 12.6. The average Bonchev–Trinajstić information content (AvgIpc) is 2.89. The third kappa shape index (κ3) is 3.23. The average molecular weight is 301 g/mol. The number of carbonyl (C=O) groups excluding carboxylic acids is 1. The molecule has 0 saturated heterocycles. The van der Waals surface area contributed by atoms with Crippen molar-refractivity contribution in [1.82, 2.24) is 24.9 Å². The van der Waals surface area contributed by atoms with E-state index in [2.05, 4.69) is 15.5 Å². The molecule has 114 valence electrons. The first kappa shape index (κ1) is 15.1. The molecule has 21 heavy (non-hydrogen) atoms. The second kappa shape index (κ2) is 5.23. The van der Waals surface area contributed by atoms with Crippen LogP contribution in [0.5, 0.6) is 0 Å². The Bertz CT molecular complexity index is 671. The lowest BCUT2D eigenvalue weighted by Gasteiger charge is -2.04. The number of amides is 1. The largest absolute Gasteiger partial charge is 0.433 e. The Morgan fingerprint density at radius 1 is 1.33 bits per heavy atom. The molecule has 9 heteroatoms. The zero-order valence-corrected chi connectivity index (χ0v) is 11.7. The lowest BCUT2D eigenvalue weighted by molar-refractivity contribution is -0.143. The van der Waals surface area contributed by atoms with Crippen molar-refractivity contribution < 1.29 is 18.0 Å². The molecule has 0 saturated carbocycles. The molecule has 0 aliphatic rings. The van der Waals surface area contributed by atoms with Crippen molar-refractivity contribution in [3.63, 3.8) is 0 Å². The summed E-state index contributed by atoms with van der Waals surface area (Å²) in [6.45, 7) is 1.96. The SMILES string of the molecule is Cc1nn(C)cc1CNC(=O)c1cc(C(F)(F)F)n(C)n1. The highest BCUT2D eigenvalue weighted by molar-refractivity contribution is 5.92. The maximum Gasteiger partial charge on any atom is 0.433 e. The van der Waals surface area contributed by atoms with Crippen LogP contribution in [0.4, 0.5) is 13.2 Å². The molecule has 0 radical (unpaired) electrons. The number of nitrogens with zero attached hydrogens (tertiary/aromatic N) is 4. The highest BCUT2D eigenvalue weighted by Gasteiger charge is 2.35. The van der Waals surface area contributed by atoms with Gasteiger partial charge in [0.15, 0.2) is 5.69 Å². The summed E-state index contributed by atoms with van der Waals surface area (Å²) in [6.07, 6.45) is -2.81. The van der Waals surface area contributed by atoms with Gasteiger partial charge in [-0.1, -0.05) is 0 Å². The summed E-state index contributed by atoms with van der Waals surface area (Å²) in [5.74, 6) is -0.663. The zero-order chi connectivity index (χ0) is 15.8. The highest BCUT2D eigenvalue weighted by Crippen LogP contribution is 2.29. The Labute approximate surface area is 118 Å². The summed E-state index contributed by atoms with van der Waals surface area (Å²) in [5.41, 5.74) is 0.296. The van der Waals surface area contributed by atoms with Gasteiger partial charge in [0, 0.05) is 38.5 Å². The maximum absolute atomic E-state index is 12.6. The highest BCUT2D eigenvalue weighted by atomic mass is 19.4. The Kier molecular flexibility index (Phi) is 3.75. The van der Waals surface area contributed by atoms with Gasteiger partial charge in [-0.05, 0) is 6.92 Å². The zero-order valence-electron chi connectivity index (χ0n) is 11.7. The van der Waals surface area contributed by atoms with E-state index in [4.69, 9.17) is 0 Å². The van der Waals surface area contributed by atoms with E-state index in [9.17, 15) is 18.0 Å². The van der Waals surface area contributed by atoms with Gasteiger partial charge < -0.3 is 5.32 Å². The van der Waals surface area contributed by atoms with Crippen LogP contribution in [-0.4, -0.2) is 25.5 Å². The minimum atomic E-state index is -4.54. The van der Waals surface area contributed by atoms with Crippen LogP contribution in [0.15, 0.2) is 12.3 Å². The first-order valence-electron chi connectivity index (χ1n) is 6.07. The molecule has 2 aromatic heterocycles. The molecule has 0 aliphatic carbocycles. The van der Waals surface area contributed by atoms with Crippen molar-refractivity contribution in [1.29, 1.82) is 0 Å². The van der Waals surface area contributed by atoms with Gasteiger partial charge in [0.1, 0.15) is 5.69 Å². The molecule has 0 spiro atoms. The van der Waals surface area contributed by atoms with Crippen molar-refractivity contribution in [2.75, 3.05) is 0 Å². The van der Waals surface area contributed by atoms with Gasteiger partial charge in [-0.3, -0.25) is 14.2 Å². The summed E-state index contributed by atoms with van der Waals surface area (Å²) in [5, 5.41) is 10.2. The third-order valence-corrected chi connectivity index (χ3v) is 2.96. The van der Waals surface area contributed by atoms with Crippen LogP contribution in [0.2, 0.25) is 0 Å². The van der Waals surface area contributed by atoms with E-state index in [1.165, 1.54) is 0 Å². The Morgan fingerprint density at radius 3 is 2.48 bits per heavy atom. The quantitative estimate of drug-likeness (QED) is 0.932. The number of rotatable bonds is 3. The third-order valence-electron chi connectivity index (χ3n) is 2.96. The summed E-state index contributed by atoms with van der Waals surface area (Å²) in [4.78, 5) is 11.8. The van der Waals surface area contributed by atoms with Crippen LogP contribution in [0, 0.1) is 6.92 Å². The van der Waals surface area contributed by atoms with Gasteiger partial charge in [0.25, 0.3) is 5.91 Å². The molecule has 0 unspecified atom stereocenters. The second-order valence-corrected chi connectivity index (χ2v) is 4.63. The minimum Gasteiger partial charge on any atom is -0.346 e. The van der Waals surface area contributed by atoms with E-state index < -0.39 is 17.8 Å². The summed E-state index contributed by atoms with van der Waals surface area (Å²) >= 11 is 0. The number of aryl methyl sites for hydroxylation is 3. The number of halogens is 3. The van der Waals surface area contributed by atoms with Crippen LogP contribution >= 0.6 is 0 Å². The summed E-state index contributed by atoms with van der Waals surface area (Å²) in [6, 6.07) is 0.728. The first-order valence-corrected chi connectivity index (χ1v) is 6.07. The van der Waals surface area contributed by atoms with Gasteiger partial charge in [0.05, 0.1) is 5.69 Å². The predicted octanol–water partition coefficient (Wildman–Crippen LogP) is 1.41. The Hall–Kier alpha value is -2.32. The normalized spacial score (nSPS) is 11.7. The standard InChI is InChI=1S/C12H14F3N5O/c1-7-8(6-19(2)17-7)5-16-11(21)9-4-10(12(13,14)15)20(3)18-9/h4,6H,5H2,1-3H3,(H,16,21). The molecule has 2 heterocycles. The van der Waals surface area contributed by atoms with E-state index in [0.717, 1.165) is 24.4 Å². The predicted molar refractivity (Wildman–Crippen MR) is 67.3 cm³/mol. The van der Waals surface area contributed by atoms with Crippen molar-refractivity contribution >= 4 is 5.91 Å². The molecule has 1 amide bonds. The fourth-order valence-corrected chi connectivity index (χ4v) is 1.93. The molecule has 1 N–H and O–H groups in total. The van der Waals surface area contributed by atoms with Crippen LogP contribution in [0.1, 0.15) is 27.4 Å². The molecule has 0 bridgehead atoms. The number of hydrogen-bond donors (Lipinski definition) is 1. The van der Waals surface area contributed by atoms with Crippen molar-refractivity contribution in [3.8, 4) is 0 Å². The van der Waals surface area contributed by atoms with Gasteiger partial charge in [-0.15, -0.1) is 0 Å². The smallest absolute Gasteiger partial charge is 0.346 e. The molecule has 2 aromatic rings. The lowest BCUT2D eigenvalue weighted by atomic mass is 10.2. The van der Waals surface area contributed by atoms with Gasteiger partial charge in [-0.2, -0.15) is 23.4 Å². The number of carbonyl (C=O) groups is 1. The number of alkyl halides is 3. The van der Waals surface area contributed by atoms with E-state index in [0.29, 0.717) is 4.68 Å². The number of hydrogen-bond acceptors (Lipinski definition) is 3. The lowest BCUT2D eigenvalue weighted by Crippen LogP contribution is -2.23. The Morgan fingerprint density at radius 2 is 2.00 bits per heavy atom. The van der Waals surface area contributed by atoms with E-state index in [1.807, 2.05) is 0 Å². The van der Waals surface area contributed by atoms with E-state index in [-0.39, 0.29) is 12.2 Å². The van der Waals surface area contributed by atoms with E-state index >= 15 is 0 Å². The topological polar surface area (TPSA) is 64.7 Å². The minimum absolute atomic E-state index is 0.177. The molecule has 6 nitrogen and oxygen atoms in total. The fourth-order valence-electron chi connectivity index (χ4n) is 1.93. The van der Waals surface area contributed by atoms with Crippen LogP contribution in [0.25, 0.3) is 0 Å². The van der Waals surface area contributed by atoms with E-state index in [1.54, 1.807) is 24.9 Å². The van der Waals surface area contributed by atoms with Crippen molar-refractivity contribution in [2.45, 2.75) is 19.6 Å². The molecular weight excluding hydrogens is 287 g/mol. The number of aromatic nitrogens is 4. The van der Waals surface area contributed by atoms with Crippen molar-refractivity contribution in [3.05, 3.63) is 34.9 Å². The summed E-state index contributed by atoms with van der Waals surface area (Å²) < 4.78 is 40.1. The first-order chi connectivity index (χ1) is 9.68. The fraction of sp³-hybridized carbons (Fsp3) is 0.417. The number of nitrogens with one attached hydrogen (secondary N) is 1. The Balaban J connectivity index is 2.09. The monoisotopic (exact) mass is 301 g/mol. The second-order valence-electron chi connectivity index (χ2n) is 4.63. The van der Waals surface area contributed by atoms with Crippen LogP contribution < -0.4 is 5.32 Å². The molecule has 0 aliphatic heterocycles. The van der Waals surface area contributed by atoms with Crippen LogP contribution in [-0.2, 0) is 26.8 Å². The molecular formula is C12H14F3N5O. The van der Waals surface area contributed by atoms with Crippen LogP contribution in [0.3, 0.4) is 0 Å². The molecule has 0 fully saturated rings. The molecule has 2 rings (SSSR count). The molecule has 0 atom stereocenters. The molecule has 0 aromatic carbocycles. The van der Waals surface area contributed by atoms with Gasteiger partial charge in [0.2, 0.25) is 0 Å². The summed E-state index contributed by atoms with van der Waals surface area (Å²) in [7, 11) is 2.89. The van der Waals surface area contributed by atoms with Gasteiger partial charge in [-0.25, -0.2) is 0 Å².